The van der Waals surface area contributed by atoms with Crippen LogP contribution in [0.3, 0.4) is 0 Å². The third-order valence-corrected chi connectivity index (χ3v) is 4.35. The molecule has 0 heterocycles. The first kappa shape index (κ1) is 23.0. The zero-order valence-corrected chi connectivity index (χ0v) is 17.7. The molecule has 0 saturated heterocycles. The summed E-state index contributed by atoms with van der Waals surface area (Å²) < 4.78 is 10.5. The summed E-state index contributed by atoms with van der Waals surface area (Å²) >= 11 is 0. The predicted octanol–water partition coefficient (Wildman–Crippen LogP) is 2.46. The van der Waals surface area contributed by atoms with Gasteiger partial charge in [0.05, 0.1) is 32.8 Å². The molecule has 0 aliphatic carbocycles. The Kier molecular flexibility index (Phi) is 8.06. The van der Waals surface area contributed by atoms with Crippen LogP contribution in [0.1, 0.15) is 25.0 Å². The van der Waals surface area contributed by atoms with Crippen LogP contribution in [-0.2, 0) is 17.8 Å². The van der Waals surface area contributed by atoms with Gasteiger partial charge in [0, 0.05) is 12.2 Å². The molecule has 2 aromatic rings. The molecule has 0 aliphatic heterocycles. The number of aliphatic hydroxyl groups is 1. The monoisotopic (exact) mass is 415 g/mol. The minimum absolute atomic E-state index is 0.139. The molecule has 0 aromatic heterocycles. The van der Waals surface area contributed by atoms with Gasteiger partial charge in [-0.3, -0.25) is 4.79 Å². The average Bonchev–Trinajstić information content (AvgIpc) is 2.73. The fourth-order valence-corrected chi connectivity index (χ4v) is 2.70. The highest BCUT2D eigenvalue weighted by molar-refractivity contribution is 5.89. The molecule has 8 nitrogen and oxygen atoms in total. The summed E-state index contributed by atoms with van der Waals surface area (Å²) in [5.74, 6) is 1.04. The van der Waals surface area contributed by atoms with E-state index in [2.05, 4.69) is 16.0 Å². The molecule has 0 bridgehead atoms. The van der Waals surface area contributed by atoms with Crippen molar-refractivity contribution in [1.82, 2.24) is 10.6 Å². The molecule has 3 amide bonds. The summed E-state index contributed by atoms with van der Waals surface area (Å²) in [4.78, 5) is 24.2. The van der Waals surface area contributed by atoms with E-state index < -0.39 is 5.54 Å². The lowest BCUT2D eigenvalue weighted by molar-refractivity contribution is -0.122. The molecule has 0 fully saturated rings. The van der Waals surface area contributed by atoms with Crippen LogP contribution in [0.25, 0.3) is 0 Å². The van der Waals surface area contributed by atoms with Gasteiger partial charge in [0.25, 0.3) is 0 Å². The summed E-state index contributed by atoms with van der Waals surface area (Å²) in [6, 6.07) is 12.1. The maximum absolute atomic E-state index is 12.1. The van der Waals surface area contributed by atoms with E-state index in [9.17, 15) is 14.7 Å². The zero-order chi connectivity index (χ0) is 22.1. The summed E-state index contributed by atoms with van der Waals surface area (Å²) in [6.45, 7) is 3.68. The van der Waals surface area contributed by atoms with E-state index in [0.717, 1.165) is 11.1 Å². The second-order valence-electron chi connectivity index (χ2n) is 7.46. The Morgan fingerprint density at radius 3 is 2.20 bits per heavy atom. The van der Waals surface area contributed by atoms with Crippen molar-refractivity contribution in [1.29, 1.82) is 0 Å². The van der Waals surface area contributed by atoms with Crippen molar-refractivity contribution in [2.24, 2.45) is 0 Å². The quantitative estimate of drug-likeness (QED) is 0.503. The van der Waals surface area contributed by atoms with Crippen molar-refractivity contribution in [2.75, 3.05) is 26.1 Å². The van der Waals surface area contributed by atoms with E-state index in [4.69, 9.17) is 9.47 Å². The maximum atomic E-state index is 12.1. The highest BCUT2D eigenvalue weighted by Crippen LogP contribution is 2.27. The number of carbonyl (C=O) groups is 2. The van der Waals surface area contributed by atoms with Gasteiger partial charge in [-0.05, 0) is 49.2 Å². The van der Waals surface area contributed by atoms with Crippen LogP contribution in [0.2, 0.25) is 0 Å². The van der Waals surface area contributed by atoms with E-state index in [-0.39, 0.29) is 25.0 Å². The molecule has 2 aromatic carbocycles. The number of benzene rings is 2. The van der Waals surface area contributed by atoms with Crippen molar-refractivity contribution >= 4 is 17.6 Å². The van der Waals surface area contributed by atoms with Crippen LogP contribution in [0.15, 0.2) is 42.5 Å². The number of ether oxygens (including phenoxy) is 2. The van der Waals surface area contributed by atoms with Gasteiger partial charge >= 0.3 is 6.03 Å². The lowest BCUT2D eigenvalue weighted by Gasteiger charge is -2.23. The van der Waals surface area contributed by atoms with Gasteiger partial charge in [-0.2, -0.15) is 0 Å². The molecular formula is C22H29N3O5. The number of nitrogens with one attached hydrogen (secondary N) is 3. The Bertz CT molecular complexity index is 866. The van der Waals surface area contributed by atoms with Crippen molar-refractivity contribution in [3.8, 4) is 11.5 Å². The lowest BCUT2D eigenvalue weighted by Crippen LogP contribution is -2.46. The lowest BCUT2D eigenvalue weighted by atomic mass is 10.1. The number of aliphatic hydroxyl groups excluding tert-OH is 1. The van der Waals surface area contributed by atoms with E-state index in [1.54, 1.807) is 64.5 Å². The largest absolute Gasteiger partial charge is 0.493 e. The average molecular weight is 415 g/mol. The molecule has 0 unspecified atom stereocenters. The summed E-state index contributed by atoms with van der Waals surface area (Å²) in [5.41, 5.74) is 1.62. The van der Waals surface area contributed by atoms with Crippen LogP contribution < -0.4 is 25.4 Å². The third-order valence-electron chi connectivity index (χ3n) is 4.35. The Balaban J connectivity index is 1.85. The van der Waals surface area contributed by atoms with Gasteiger partial charge < -0.3 is 30.5 Å². The van der Waals surface area contributed by atoms with E-state index in [1.165, 1.54) is 0 Å². The number of methoxy groups -OCH3 is 2. The standard InChI is InChI=1S/C22H29N3O5/c1-22(2,14-26)25-20(27)12-15-5-8-17(9-6-15)24-21(28)23-13-16-7-10-18(29-3)19(11-16)30-4/h5-11,26H,12-14H2,1-4H3,(H,25,27)(H2,23,24,28). The topological polar surface area (TPSA) is 109 Å². The molecule has 30 heavy (non-hydrogen) atoms. The van der Waals surface area contributed by atoms with Crippen LogP contribution in [-0.4, -0.2) is 43.4 Å². The molecule has 0 saturated carbocycles. The van der Waals surface area contributed by atoms with Crippen LogP contribution >= 0.6 is 0 Å². The minimum atomic E-state index is -0.662. The molecule has 0 atom stereocenters. The van der Waals surface area contributed by atoms with Gasteiger partial charge in [-0.15, -0.1) is 0 Å². The van der Waals surface area contributed by atoms with E-state index in [1.807, 2.05) is 6.07 Å². The van der Waals surface area contributed by atoms with Crippen LogP contribution in [0.5, 0.6) is 11.5 Å². The second kappa shape index (κ2) is 10.5. The third kappa shape index (κ3) is 6.97. The van der Waals surface area contributed by atoms with Crippen molar-refractivity contribution in [3.05, 3.63) is 53.6 Å². The molecule has 0 spiro atoms. The summed E-state index contributed by atoms with van der Waals surface area (Å²) in [7, 11) is 3.12. The fraction of sp³-hybridized carbons (Fsp3) is 0.364. The van der Waals surface area contributed by atoms with Crippen molar-refractivity contribution < 1.29 is 24.2 Å². The molecule has 162 valence electrons. The van der Waals surface area contributed by atoms with Crippen LogP contribution in [0, 0.1) is 0 Å². The Morgan fingerprint density at radius 2 is 1.60 bits per heavy atom. The number of hydrogen-bond acceptors (Lipinski definition) is 5. The number of rotatable bonds is 9. The summed E-state index contributed by atoms with van der Waals surface area (Å²) in [6.07, 6.45) is 0.190. The number of carbonyl (C=O) groups excluding carboxylic acids is 2. The fourth-order valence-electron chi connectivity index (χ4n) is 2.70. The minimum Gasteiger partial charge on any atom is -0.493 e. The number of urea groups is 1. The number of hydrogen-bond donors (Lipinski definition) is 4. The van der Waals surface area contributed by atoms with Gasteiger partial charge in [-0.25, -0.2) is 4.79 Å². The van der Waals surface area contributed by atoms with Gasteiger partial charge in [-0.1, -0.05) is 18.2 Å². The van der Waals surface area contributed by atoms with Gasteiger partial charge in [0.2, 0.25) is 5.91 Å². The van der Waals surface area contributed by atoms with E-state index >= 15 is 0 Å². The predicted molar refractivity (Wildman–Crippen MR) is 115 cm³/mol. The SMILES string of the molecule is COc1ccc(CNC(=O)Nc2ccc(CC(=O)NC(C)(C)CO)cc2)cc1OC. The number of anilines is 1. The highest BCUT2D eigenvalue weighted by atomic mass is 16.5. The van der Waals surface area contributed by atoms with E-state index in [0.29, 0.717) is 23.7 Å². The molecule has 0 aliphatic rings. The molecular weight excluding hydrogens is 386 g/mol. The maximum Gasteiger partial charge on any atom is 0.319 e. The van der Waals surface area contributed by atoms with Gasteiger partial charge in [0.1, 0.15) is 0 Å². The Hall–Kier alpha value is -3.26. The first-order valence-electron chi connectivity index (χ1n) is 9.53. The molecule has 2 rings (SSSR count). The van der Waals surface area contributed by atoms with Crippen molar-refractivity contribution in [3.63, 3.8) is 0 Å². The Labute approximate surface area is 176 Å². The first-order chi connectivity index (χ1) is 14.3. The molecule has 4 N–H and O–H groups in total. The van der Waals surface area contributed by atoms with Crippen LogP contribution in [0.4, 0.5) is 10.5 Å². The first-order valence-corrected chi connectivity index (χ1v) is 9.53. The zero-order valence-electron chi connectivity index (χ0n) is 17.7. The molecule has 0 radical (unpaired) electrons. The number of amides is 3. The second-order valence-corrected chi connectivity index (χ2v) is 7.46. The highest BCUT2D eigenvalue weighted by Gasteiger charge is 2.19. The summed E-state index contributed by atoms with van der Waals surface area (Å²) in [5, 5.41) is 17.5. The molecule has 8 heteroatoms. The smallest absolute Gasteiger partial charge is 0.319 e. The normalized spacial score (nSPS) is 10.8. The van der Waals surface area contributed by atoms with Crippen molar-refractivity contribution in [2.45, 2.75) is 32.4 Å². The Morgan fingerprint density at radius 1 is 0.967 bits per heavy atom. The van der Waals surface area contributed by atoms with Gasteiger partial charge in [0.15, 0.2) is 11.5 Å².